The van der Waals surface area contributed by atoms with Crippen molar-refractivity contribution in [2.24, 2.45) is 5.92 Å². The molecule has 0 aliphatic carbocycles. The summed E-state index contributed by atoms with van der Waals surface area (Å²) in [7, 11) is 0. The van der Waals surface area contributed by atoms with Crippen molar-refractivity contribution in [3.63, 3.8) is 0 Å². The number of hydrogen-bond donors (Lipinski definition) is 4. The van der Waals surface area contributed by atoms with Crippen molar-refractivity contribution >= 4 is 44.8 Å². The molecular formula is C36H42BrN3O6. The highest BCUT2D eigenvalue weighted by atomic mass is 79.9. The molecule has 3 atom stereocenters. The van der Waals surface area contributed by atoms with Gasteiger partial charge in [-0.05, 0) is 98.8 Å². The van der Waals surface area contributed by atoms with Crippen LogP contribution in [0.5, 0.6) is 5.75 Å². The van der Waals surface area contributed by atoms with Crippen molar-refractivity contribution in [3.8, 4) is 5.75 Å². The van der Waals surface area contributed by atoms with Crippen LogP contribution in [0.2, 0.25) is 0 Å². The van der Waals surface area contributed by atoms with Crippen molar-refractivity contribution in [1.29, 1.82) is 0 Å². The molecule has 3 aromatic carbocycles. The molecule has 5 rings (SSSR count). The van der Waals surface area contributed by atoms with Crippen molar-refractivity contribution < 1.29 is 29.6 Å². The molecule has 0 saturated heterocycles. The molecule has 0 saturated carbocycles. The quantitative estimate of drug-likeness (QED) is 0.137. The molecule has 0 aromatic heterocycles. The third-order valence-electron chi connectivity index (χ3n) is 8.64. The Morgan fingerprint density at radius 1 is 1.07 bits per heavy atom. The minimum Gasteiger partial charge on any atom is -0.494 e. The van der Waals surface area contributed by atoms with E-state index in [1.54, 1.807) is 34.9 Å². The van der Waals surface area contributed by atoms with Gasteiger partial charge in [0.1, 0.15) is 5.75 Å². The van der Waals surface area contributed by atoms with E-state index in [4.69, 9.17) is 4.74 Å². The topological polar surface area (TPSA) is 123 Å². The molecule has 0 radical (unpaired) electrons. The second-order valence-corrected chi connectivity index (χ2v) is 12.7. The van der Waals surface area contributed by atoms with E-state index in [1.165, 1.54) is 0 Å². The average molecular weight is 693 g/mol. The Kier molecular flexibility index (Phi) is 11.0. The molecule has 2 amide bonds. The number of ether oxygens (including phenoxy) is 1. The van der Waals surface area contributed by atoms with Gasteiger partial charge in [0.15, 0.2) is 5.60 Å². The van der Waals surface area contributed by atoms with E-state index in [9.17, 15) is 24.9 Å². The van der Waals surface area contributed by atoms with Crippen molar-refractivity contribution in [3.05, 3.63) is 94.0 Å². The number of aliphatic hydroxyl groups excluding tert-OH is 2. The summed E-state index contributed by atoms with van der Waals surface area (Å²) in [6.07, 6.45) is 5.91. The van der Waals surface area contributed by atoms with Crippen LogP contribution in [0.3, 0.4) is 0 Å². The Balaban J connectivity index is 1.47. The number of rotatable bonds is 14. The van der Waals surface area contributed by atoms with Gasteiger partial charge in [0.2, 0.25) is 5.91 Å². The van der Waals surface area contributed by atoms with Gasteiger partial charge in [-0.25, -0.2) is 0 Å². The highest BCUT2D eigenvalue weighted by Crippen LogP contribution is 2.47. The van der Waals surface area contributed by atoms with Gasteiger partial charge in [-0.1, -0.05) is 47.1 Å². The molecule has 0 spiro atoms. The van der Waals surface area contributed by atoms with E-state index >= 15 is 0 Å². The lowest BCUT2D eigenvalue weighted by atomic mass is 9.83. The first-order chi connectivity index (χ1) is 22.2. The second kappa shape index (κ2) is 14.9. The van der Waals surface area contributed by atoms with Gasteiger partial charge in [0, 0.05) is 34.9 Å². The zero-order chi connectivity index (χ0) is 32.8. The van der Waals surface area contributed by atoms with Gasteiger partial charge in [-0.15, -0.1) is 0 Å². The summed E-state index contributed by atoms with van der Waals surface area (Å²) in [4.78, 5) is 31.3. The van der Waals surface area contributed by atoms with Crippen LogP contribution in [0.15, 0.2) is 77.3 Å². The zero-order valence-electron chi connectivity index (χ0n) is 26.3. The first-order valence-corrected chi connectivity index (χ1v) is 16.7. The van der Waals surface area contributed by atoms with E-state index in [0.717, 1.165) is 33.5 Å². The Morgan fingerprint density at radius 2 is 1.87 bits per heavy atom. The Hall–Kier alpha value is -3.54. The van der Waals surface area contributed by atoms with E-state index in [0.29, 0.717) is 49.4 Å². The molecule has 0 fully saturated rings. The van der Waals surface area contributed by atoms with Crippen molar-refractivity contribution in [1.82, 2.24) is 5.32 Å². The number of hydrogen-bond acceptors (Lipinski definition) is 7. The molecule has 10 heteroatoms. The minimum absolute atomic E-state index is 0.0155. The normalized spacial score (nSPS) is 19.9. The Bertz CT molecular complexity index is 1600. The van der Waals surface area contributed by atoms with Gasteiger partial charge in [-0.2, -0.15) is 0 Å². The summed E-state index contributed by atoms with van der Waals surface area (Å²) >= 11 is 3.50. The molecule has 2 aliphatic heterocycles. The molecular weight excluding hydrogens is 650 g/mol. The number of aliphatic hydroxyl groups is 3. The first kappa shape index (κ1) is 33.8. The number of halogens is 1. The summed E-state index contributed by atoms with van der Waals surface area (Å²) in [5.74, 6) is -0.304. The molecule has 46 heavy (non-hydrogen) atoms. The van der Waals surface area contributed by atoms with Crippen molar-refractivity contribution in [2.75, 3.05) is 36.2 Å². The fourth-order valence-electron chi connectivity index (χ4n) is 6.29. The van der Waals surface area contributed by atoms with Crippen LogP contribution in [0, 0.1) is 5.92 Å². The highest BCUT2D eigenvalue weighted by Gasteiger charge is 2.52. The van der Waals surface area contributed by atoms with Crippen LogP contribution < -0.4 is 19.9 Å². The summed E-state index contributed by atoms with van der Waals surface area (Å²) in [6, 6.07) is 18.4. The summed E-state index contributed by atoms with van der Waals surface area (Å²) in [6.45, 7) is 5.16. The number of anilines is 3. The Morgan fingerprint density at radius 3 is 2.63 bits per heavy atom. The largest absolute Gasteiger partial charge is 0.494 e. The van der Waals surface area contributed by atoms with Crippen LogP contribution in [-0.2, 0) is 28.2 Å². The summed E-state index contributed by atoms with van der Waals surface area (Å²) in [5, 5.41) is 33.7. The lowest BCUT2D eigenvalue weighted by Gasteiger charge is -2.35. The third kappa shape index (κ3) is 6.77. The van der Waals surface area contributed by atoms with Crippen molar-refractivity contribution in [2.45, 2.75) is 57.7 Å². The van der Waals surface area contributed by atoms with Gasteiger partial charge in [0.25, 0.3) is 5.91 Å². The standard InChI is InChI=1S/C36H42BrN3O6/c1-3-46-29-13-15-32-26(20-29)21-31(38-16-5-7-18-42)34(43)40(32)28-11-8-10-25(19-28)23-39-33-14-12-27(37)22-30(33)36(45,35(39)44)24(2)9-4-6-17-41/h4,8-15,19-20,22,24,31,38,41-42,45H,3,5-7,16-18,21,23H2,1-2H3/b9-4+/t24-,31?,36+/m0/s1. The fourth-order valence-corrected chi connectivity index (χ4v) is 6.65. The number of nitrogens with one attached hydrogen (secondary N) is 1. The van der Waals surface area contributed by atoms with E-state index < -0.39 is 23.5 Å². The van der Waals surface area contributed by atoms with Gasteiger partial charge in [0.05, 0.1) is 30.6 Å². The summed E-state index contributed by atoms with van der Waals surface area (Å²) < 4.78 is 6.51. The maximum atomic E-state index is 14.0. The minimum atomic E-state index is -1.78. The maximum Gasteiger partial charge on any atom is 0.264 e. The fraction of sp³-hybridized carbons (Fsp3) is 0.389. The van der Waals surface area contributed by atoms with Crippen LogP contribution in [-0.4, -0.2) is 59.5 Å². The number of carbonyl (C=O) groups excluding carboxylic acids is 2. The smallest absolute Gasteiger partial charge is 0.264 e. The number of fused-ring (bicyclic) bond motifs is 2. The maximum absolute atomic E-state index is 14.0. The average Bonchev–Trinajstić information content (AvgIpc) is 3.25. The van der Waals surface area contributed by atoms with Gasteiger partial charge in [-0.3, -0.25) is 14.5 Å². The van der Waals surface area contributed by atoms with Crippen LogP contribution in [0.25, 0.3) is 0 Å². The van der Waals surface area contributed by atoms with Crippen LogP contribution in [0.4, 0.5) is 17.1 Å². The SMILES string of the molecule is CCOc1ccc2c(c1)CC(NCCCCO)C(=O)N2c1cccc(CN2C(=O)[C@@](O)([C@@H](C)/C=C/CCO)c3cc(Br)ccc32)c1. The van der Waals surface area contributed by atoms with E-state index in [-0.39, 0.29) is 25.7 Å². The highest BCUT2D eigenvalue weighted by molar-refractivity contribution is 9.10. The summed E-state index contributed by atoms with van der Waals surface area (Å²) in [5.41, 5.74) is 2.60. The molecule has 2 aliphatic rings. The molecule has 1 unspecified atom stereocenters. The first-order valence-electron chi connectivity index (χ1n) is 15.9. The second-order valence-electron chi connectivity index (χ2n) is 11.8. The number of unbranched alkanes of at least 4 members (excludes halogenated alkanes) is 1. The third-order valence-corrected chi connectivity index (χ3v) is 9.13. The van der Waals surface area contributed by atoms with E-state index in [1.807, 2.05) is 61.5 Å². The molecule has 244 valence electrons. The zero-order valence-corrected chi connectivity index (χ0v) is 27.9. The molecule has 9 nitrogen and oxygen atoms in total. The molecule has 3 aromatic rings. The molecule has 2 heterocycles. The number of carbonyl (C=O) groups is 2. The number of benzene rings is 3. The van der Waals surface area contributed by atoms with Crippen LogP contribution >= 0.6 is 15.9 Å². The molecule has 4 N–H and O–H groups in total. The number of amides is 2. The van der Waals surface area contributed by atoms with E-state index in [2.05, 4.69) is 21.2 Å². The monoisotopic (exact) mass is 691 g/mol. The van der Waals surface area contributed by atoms with Crippen LogP contribution in [0.1, 0.15) is 49.8 Å². The lowest BCUT2D eigenvalue weighted by molar-refractivity contribution is -0.139. The molecule has 0 bridgehead atoms. The van der Waals surface area contributed by atoms with Gasteiger partial charge < -0.3 is 30.3 Å². The predicted molar refractivity (Wildman–Crippen MR) is 182 cm³/mol. The Labute approximate surface area is 278 Å². The van der Waals surface area contributed by atoms with Gasteiger partial charge >= 0.3 is 0 Å². The predicted octanol–water partition coefficient (Wildman–Crippen LogP) is 5.11. The number of nitrogens with zero attached hydrogens (tertiary/aromatic N) is 2. The lowest BCUT2D eigenvalue weighted by Crippen LogP contribution is -2.49.